The van der Waals surface area contributed by atoms with Gasteiger partial charge in [-0.15, -0.1) is 0 Å². The summed E-state index contributed by atoms with van der Waals surface area (Å²) in [6.07, 6.45) is 15.9. The van der Waals surface area contributed by atoms with Gasteiger partial charge in [0.05, 0.1) is 6.04 Å². The molecule has 1 saturated heterocycles. The molecule has 1 aromatic heterocycles. The summed E-state index contributed by atoms with van der Waals surface area (Å²) in [7, 11) is 2.10. The second-order valence-corrected chi connectivity index (χ2v) is 8.80. The van der Waals surface area contributed by atoms with Crippen molar-refractivity contribution in [2.75, 3.05) is 7.05 Å². The Bertz CT molecular complexity index is 1020. The molecule has 0 spiro atoms. The van der Waals surface area contributed by atoms with Crippen molar-refractivity contribution in [1.82, 2.24) is 9.88 Å². The Morgan fingerprint density at radius 2 is 2.03 bits per heavy atom. The fourth-order valence-electron chi connectivity index (χ4n) is 4.65. The molecule has 1 fully saturated rings. The van der Waals surface area contributed by atoms with E-state index in [1.165, 1.54) is 11.1 Å². The minimum absolute atomic E-state index is 0.176. The smallest absolute Gasteiger partial charge is 0.168 e. The molecule has 4 heteroatoms. The molecule has 2 aliphatic rings. The zero-order chi connectivity index (χ0) is 22.4. The maximum Gasteiger partial charge on any atom is 0.168 e. The van der Waals surface area contributed by atoms with Crippen LogP contribution in [0.4, 0.5) is 0 Å². The molecule has 2 aromatic rings. The molecule has 1 aliphatic heterocycles. The van der Waals surface area contributed by atoms with Crippen LogP contribution in [0.3, 0.4) is 0 Å². The average molecular weight is 428 g/mol. The number of hydrogen-bond donors (Lipinski definition) is 0. The topological polar surface area (TPSA) is 45.6 Å². The first-order valence-electron chi connectivity index (χ1n) is 11.8. The highest BCUT2D eigenvalue weighted by Gasteiger charge is 2.40. The van der Waals surface area contributed by atoms with Crippen LogP contribution in [0.15, 0.2) is 78.0 Å². The normalized spacial score (nSPS) is 23.8. The van der Waals surface area contributed by atoms with E-state index in [1.54, 1.807) is 0 Å². The SMILES string of the molecule is CCCc1cccnc1C/C=C/CC(=O)C1(N=C2CC[C@H](c3ccccc3)N2C)C=CC1. The van der Waals surface area contributed by atoms with Crippen molar-refractivity contribution < 1.29 is 4.79 Å². The highest BCUT2D eigenvalue weighted by atomic mass is 16.1. The maximum atomic E-state index is 13.1. The Morgan fingerprint density at radius 3 is 2.75 bits per heavy atom. The van der Waals surface area contributed by atoms with Gasteiger partial charge in [0.25, 0.3) is 0 Å². The summed E-state index contributed by atoms with van der Waals surface area (Å²) in [5.74, 6) is 1.22. The van der Waals surface area contributed by atoms with Gasteiger partial charge >= 0.3 is 0 Å². The van der Waals surface area contributed by atoms with E-state index in [-0.39, 0.29) is 5.78 Å². The quantitative estimate of drug-likeness (QED) is 0.485. The van der Waals surface area contributed by atoms with E-state index in [0.717, 1.165) is 43.6 Å². The van der Waals surface area contributed by atoms with Crippen molar-refractivity contribution in [3.8, 4) is 0 Å². The molecule has 1 aromatic carbocycles. The lowest BCUT2D eigenvalue weighted by Crippen LogP contribution is -2.41. The zero-order valence-corrected chi connectivity index (χ0v) is 19.2. The summed E-state index contributed by atoms with van der Waals surface area (Å²) >= 11 is 0. The monoisotopic (exact) mass is 427 g/mol. The summed E-state index contributed by atoms with van der Waals surface area (Å²) in [6, 6.07) is 15.0. The van der Waals surface area contributed by atoms with Gasteiger partial charge in [-0.2, -0.15) is 0 Å². The summed E-state index contributed by atoms with van der Waals surface area (Å²) in [5, 5.41) is 0. The molecule has 166 valence electrons. The molecule has 4 rings (SSSR count). The largest absolute Gasteiger partial charge is 0.356 e. The van der Waals surface area contributed by atoms with Crippen LogP contribution < -0.4 is 0 Å². The van der Waals surface area contributed by atoms with Crippen molar-refractivity contribution in [2.24, 2.45) is 4.99 Å². The Labute approximate surface area is 191 Å². The molecule has 1 unspecified atom stereocenters. The van der Waals surface area contributed by atoms with Crippen LogP contribution in [0.1, 0.15) is 61.9 Å². The minimum Gasteiger partial charge on any atom is -0.356 e. The first kappa shape index (κ1) is 22.2. The molecule has 0 radical (unpaired) electrons. The van der Waals surface area contributed by atoms with E-state index in [4.69, 9.17) is 4.99 Å². The molecule has 0 amide bonds. The number of aromatic nitrogens is 1. The van der Waals surface area contributed by atoms with E-state index < -0.39 is 5.54 Å². The lowest BCUT2D eigenvalue weighted by molar-refractivity contribution is -0.122. The second kappa shape index (κ2) is 10.1. The number of benzene rings is 1. The Kier molecular flexibility index (Phi) is 6.99. The molecule has 32 heavy (non-hydrogen) atoms. The molecule has 4 nitrogen and oxygen atoms in total. The molecule has 2 heterocycles. The molecule has 0 N–H and O–H groups in total. The third kappa shape index (κ3) is 4.74. The number of Topliss-reactive ketones (excluding diaryl/α,β-unsaturated/α-hetero) is 1. The van der Waals surface area contributed by atoms with Crippen LogP contribution in [0.25, 0.3) is 0 Å². The van der Waals surface area contributed by atoms with Gasteiger partial charge in [0, 0.05) is 44.6 Å². The number of nitrogens with zero attached hydrogens (tertiary/aromatic N) is 3. The van der Waals surface area contributed by atoms with Crippen LogP contribution in [0, 0.1) is 0 Å². The highest BCUT2D eigenvalue weighted by Crippen LogP contribution is 2.36. The van der Waals surface area contributed by atoms with Crippen LogP contribution >= 0.6 is 0 Å². The first-order valence-corrected chi connectivity index (χ1v) is 11.8. The Balaban J connectivity index is 1.40. The van der Waals surface area contributed by atoms with Gasteiger partial charge in [0.2, 0.25) is 0 Å². The first-order chi connectivity index (χ1) is 15.6. The predicted molar refractivity (Wildman–Crippen MR) is 131 cm³/mol. The number of hydrogen-bond acceptors (Lipinski definition) is 3. The van der Waals surface area contributed by atoms with Crippen molar-refractivity contribution in [2.45, 2.75) is 63.5 Å². The Morgan fingerprint density at radius 1 is 1.22 bits per heavy atom. The van der Waals surface area contributed by atoms with E-state index in [1.807, 2.05) is 30.5 Å². The standard InChI is InChI=1S/C28H33N3O/c1-3-11-22-14-9-21-29-24(22)15-7-8-16-26(32)28(19-10-20-28)30-27-18-17-25(31(27)2)23-12-5-4-6-13-23/h4-10,12-14,19,21,25H,3,11,15-18,20H2,1-2H3/b8-7+,30-27?/t25-,28?/m1/s1. The second-order valence-electron chi connectivity index (χ2n) is 8.80. The summed E-state index contributed by atoms with van der Waals surface area (Å²) in [4.78, 5) is 24.9. The number of likely N-dealkylation sites (tertiary alicyclic amines) is 1. The van der Waals surface area contributed by atoms with Crippen LogP contribution in [-0.4, -0.2) is 34.1 Å². The molecular formula is C28H33N3O. The number of allylic oxidation sites excluding steroid dienone is 2. The zero-order valence-electron chi connectivity index (χ0n) is 19.2. The van der Waals surface area contributed by atoms with Gasteiger partial charge in [-0.25, -0.2) is 0 Å². The molecular weight excluding hydrogens is 394 g/mol. The molecule has 2 atom stereocenters. The van der Waals surface area contributed by atoms with E-state index in [0.29, 0.717) is 18.9 Å². The summed E-state index contributed by atoms with van der Waals surface area (Å²) < 4.78 is 0. The van der Waals surface area contributed by atoms with Gasteiger partial charge in [-0.05, 0) is 30.0 Å². The third-order valence-corrected chi connectivity index (χ3v) is 6.62. The van der Waals surface area contributed by atoms with Gasteiger partial charge in [0.15, 0.2) is 5.78 Å². The minimum atomic E-state index is -0.683. The van der Waals surface area contributed by atoms with Gasteiger partial charge in [0.1, 0.15) is 11.4 Å². The number of carbonyl (C=O) groups excluding carboxylic acids is 1. The van der Waals surface area contributed by atoms with Gasteiger partial charge in [-0.3, -0.25) is 14.8 Å². The van der Waals surface area contributed by atoms with E-state index in [9.17, 15) is 4.79 Å². The predicted octanol–water partition coefficient (Wildman–Crippen LogP) is 5.66. The van der Waals surface area contributed by atoms with Crippen LogP contribution in [0.2, 0.25) is 0 Å². The number of aryl methyl sites for hydroxylation is 1. The van der Waals surface area contributed by atoms with E-state index in [2.05, 4.69) is 66.3 Å². The van der Waals surface area contributed by atoms with Crippen molar-refractivity contribution in [3.63, 3.8) is 0 Å². The molecule has 0 bridgehead atoms. The van der Waals surface area contributed by atoms with Crippen LogP contribution in [0.5, 0.6) is 0 Å². The summed E-state index contributed by atoms with van der Waals surface area (Å²) in [6.45, 7) is 2.18. The molecule has 0 saturated carbocycles. The number of carbonyl (C=O) groups is 1. The number of ketones is 1. The average Bonchev–Trinajstić information content (AvgIpc) is 3.15. The lowest BCUT2D eigenvalue weighted by Gasteiger charge is -2.32. The van der Waals surface area contributed by atoms with Crippen LogP contribution in [-0.2, 0) is 17.6 Å². The van der Waals surface area contributed by atoms with Crippen molar-refractivity contribution in [1.29, 1.82) is 0 Å². The third-order valence-electron chi connectivity index (χ3n) is 6.62. The number of aliphatic imine (C=N–C) groups is 1. The fourth-order valence-corrected chi connectivity index (χ4v) is 4.65. The number of rotatable bonds is 9. The highest BCUT2D eigenvalue weighted by molar-refractivity contribution is 5.97. The van der Waals surface area contributed by atoms with Crippen molar-refractivity contribution in [3.05, 3.63) is 89.8 Å². The van der Waals surface area contributed by atoms with Crippen molar-refractivity contribution >= 4 is 11.6 Å². The number of amidine groups is 1. The number of pyridine rings is 1. The summed E-state index contributed by atoms with van der Waals surface area (Å²) in [5.41, 5.74) is 3.03. The van der Waals surface area contributed by atoms with Gasteiger partial charge < -0.3 is 4.90 Å². The Hall–Kier alpha value is -3.01. The molecule has 1 aliphatic carbocycles. The van der Waals surface area contributed by atoms with E-state index >= 15 is 0 Å². The lowest BCUT2D eigenvalue weighted by atomic mass is 9.80. The fraction of sp³-hybridized carbons (Fsp3) is 0.393. The van der Waals surface area contributed by atoms with Gasteiger partial charge in [-0.1, -0.05) is 74.0 Å². The maximum absolute atomic E-state index is 13.1.